The number of carbonyl (C=O) groups is 1. The first kappa shape index (κ1) is 17.5. The summed E-state index contributed by atoms with van der Waals surface area (Å²) in [5, 5.41) is 4.00. The van der Waals surface area contributed by atoms with Gasteiger partial charge in [-0.15, -0.1) is 0 Å². The molecule has 0 saturated carbocycles. The third kappa shape index (κ3) is 3.83. The van der Waals surface area contributed by atoms with E-state index in [4.69, 9.17) is 9.47 Å². The molecule has 1 heterocycles. The van der Waals surface area contributed by atoms with Crippen LogP contribution in [0.3, 0.4) is 0 Å². The van der Waals surface area contributed by atoms with E-state index in [-0.39, 0.29) is 12.3 Å². The lowest BCUT2D eigenvalue weighted by atomic mass is 10.2. The van der Waals surface area contributed by atoms with Gasteiger partial charge in [0.1, 0.15) is 17.3 Å². The Balaban J connectivity index is 1.67. The van der Waals surface area contributed by atoms with Gasteiger partial charge in [0.05, 0.1) is 37.9 Å². The van der Waals surface area contributed by atoms with Crippen molar-refractivity contribution in [1.82, 2.24) is 15.0 Å². The maximum atomic E-state index is 12.2. The molecule has 0 unspecified atom stereocenters. The molecule has 0 saturated heterocycles. The Bertz CT molecular complexity index is 940. The van der Waals surface area contributed by atoms with Crippen molar-refractivity contribution in [1.29, 1.82) is 0 Å². The molecule has 1 amide bonds. The highest BCUT2D eigenvalue weighted by molar-refractivity contribution is 5.84. The van der Waals surface area contributed by atoms with Crippen LogP contribution in [0.1, 0.15) is 11.4 Å². The molecule has 26 heavy (non-hydrogen) atoms. The first-order chi connectivity index (χ1) is 12.6. The Labute approximate surface area is 151 Å². The zero-order chi connectivity index (χ0) is 18.5. The molecule has 0 spiro atoms. The number of fused-ring (bicyclic) bond motifs is 1. The number of ether oxygens (including phenoxy) is 2. The van der Waals surface area contributed by atoms with Crippen molar-refractivity contribution in [3.63, 3.8) is 0 Å². The van der Waals surface area contributed by atoms with Crippen molar-refractivity contribution in [2.24, 2.45) is 12.1 Å². The molecule has 0 aliphatic carbocycles. The highest BCUT2D eigenvalue weighted by atomic mass is 16.5. The number of amides is 1. The zero-order valence-electron chi connectivity index (χ0n) is 14.9. The fraction of sp³-hybridized carbons (Fsp3) is 0.211. The van der Waals surface area contributed by atoms with E-state index in [0.29, 0.717) is 17.3 Å². The molecule has 0 aliphatic heterocycles. The number of para-hydroxylation sites is 2. The van der Waals surface area contributed by atoms with Crippen LogP contribution in [0, 0.1) is 0 Å². The topological polar surface area (TPSA) is 77.7 Å². The molecule has 7 nitrogen and oxygen atoms in total. The Morgan fingerprint density at radius 1 is 1.19 bits per heavy atom. The second kappa shape index (κ2) is 7.69. The Morgan fingerprint density at radius 3 is 2.54 bits per heavy atom. The Morgan fingerprint density at radius 2 is 1.88 bits per heavy atom. The van der Waals surface area contributed by atoms with Gasteiger partial charge in [0.15, 0.2) is 0 Å². The molecule has 0 aliphatic rings. The van der Waals surface area contributed by atoms with Crippen LogP contribution in [0.25, 0.3) is 11.0 Å². The molecule has 134 valence electrons. The number of imidazole rings is 1. The SMILES string of the molecule is COc1cc(/C=N/NC(=O)Cc2nc3ccccc3n2C)cc(OC)c1. The van der Waals surface area contributed by atoms with Crippen LogP contribution in [-0.2, 0) is 18.3 Å². The summed E-state index contributed by atoms with van der Waals surface area (Å²) in [4.78, 5) is 16.6. The van der Waals surface area contributed by atoms with E-state index < -0.39 is 0 Å². The lowest BCUT2D eigenvalue weighted by Gasteiger charge is -2.05. The average molecular weight is 352 g/mol. The number of nitrogens with one attached hydrogen (secondary N) is 1. The van der Waals surface area contributed by atoms with Gasteiger partial charge in [0, 0.05) is 18.7 Å². The van der Waals surface area contributed by atoms with E-state index in [1.54, 1.807) is 32.4 Å². The van der Waals surface area contributed by atoms with E-state index >= 15 is 0 Å². The summed E-state index contributed by atoms with van der Waals surface area (Å²) >= 11 is 0. The highest BCUT2D eigenvalue weighted by Crippen LogP contribution is 2.21. The number of rotatable bonds is 6. The summed E-state index contributed by atoms with van der Waals surface area (Å²) in [7, 11) is 5.05. The molecular weight excluding hydrogens is 332 g/mol. The molecule has 0 atom stereocenters. The fourth-order valence-electron chi connectivity index (χ4n) is 2.62. The number of hydrogen-bond acceptors (Lipinski definition) is 5. The van der Waals surface area contributed by atoms with Crippen LogP contribution >= 0.6 is 0 Å². The normalized spacial score (nSPS) is 11.0. The first-order valence-corrected chi connectivity index (χ1v) is 8.06. The Hall–Kier alpha value is -3.35. The van der Waals surface area contributed by atoms with Gasteiger partial charge in [-0.05, 0) is 24.3 Å². The van der Waals surface area contributed by atoms with Crippen LogP contribution in [0.5, 0.6) is 11.5 Å². The molecule has 3 aromatic rings. The Kier molecular flexibility index (Phi) is 5.17. The van der Waals surface area contributed by atoms with E-state index in [0.717, 1.165) is 16.6 Å². The molecule has 0 bridgehead atoms. The van der Waals surface area contributed by atoms with Crippen molar-refractivity contribution >= 4 is 23.2 Å². The number of aryl methyl sites for hydroxylation is 1. The van der Waals surface area contributed by atoms with E-state index in [1.807, 2.05) is 35.9 Å². The van der Waals surface area contributed by atoms with E-state index in [1.165, 1.54) is 6.21 Å². The minimum absolute atomic E-state index is 0.143. The van der Waals surface area contributed by atoms with Crippen LogP contribution in [-0.4, -0.2) is 35.9 Å². The smallest absolute Gasteiger partial charge is 0.247 e. The molecule has 0 fully saturated rings. The van der Waals surface area contributed by atoms with Crippen molar-refractivity contribution in [2.45, 2.75) is 6.42 Å². The quantitative estimate of drug-likeness (QED) is 0.545. The average Bonchev–Trinajstić information content (AvgIpc) is 2.97. The third-order valence-electron chi connectivity index (χ3n) is 3.98. The lowest BCUT2D eigenvalue weighted by Crippen LogP contribution is -2.21. The number of carbonyl (C=O) groups excluding carboxylic acids is 1. The van der Waals surface area contributed by atoms with Gasteiger partial charge in [0.2, 0.25) is 5.91 Å². The van der Waals surface area contributed by atoms with Crippen molar-refractivity contribution in [3.8, 4) is 11.5 Å². The van der Waals surface area contributed by atoms with Gasteiger partial charge in [-0.25, -0.2) is 10.4 Å². The fourth-order valence-corrected chi connectivity index (χ4v) is 2.62. The highest BCUT2D eigenvalue weighted by Gasteiger charge is 2.11. The van der Waals surface area contributed by atoms with E-state index in [9.17, 15) is 4.79 Å². The van der Waals surface area contributed by atoms with Gasteiger partial charge in [-0.1, -0.05) is 12.1 Å². The molecular formula is C19H20N4O3. The number of hydrazone groups is 1. The zero-order valence-corrected chi connectivity index (χ0v) is 14.9. The molecule has 0 radical (unpaired) electrons. The van der Waals surface area contributed by atoms with Crippen molar-refractivity contribution in [3.05, 3.63) is 53.9 Å². The predicted molar refractivity (Wildman–Crippen MR) is 99.7 cm³/mol. The lowest BCUT2D eigenvalue weighted by molar-refractivity contribution is -0.120. The van der Waals surface area contributed by atoms with Crippen LogP contribution < -0.4 is 14.9 Å². The largest absolute Gasteiger partial charge is 0.497 e. The number of hydrogen-bond donors (Lipinski definition) is 1. The first-order valence-electron chi connectivity index (χ1n) is 8.06. The maximum Gasteiger partial charge on any atom is 0.247 e. The minimum atomic E-state index is -0.241. The number of methoxy groups -OCH3 is 2. The molecule has 3 rings (SSSR count). The van der Waals surface area contributed by atoms with Gasteiger partial charge in [0.25, 0.3) is 0 Å². The molecule has 7 heteroatoms. The van der Waals surface area contributed by atoms with Gasteiger partial charge in [-0.3, -0.25) is 4.79 Å². The van der Waals surface area contributed by atoms with Crippen molar-refractivity contribution in [2.75, 3.05) is 14.2 Å². The van der Waals surface area contributed by atoms with Crippen molar-refractivity contribution < 1.29 is 14.3 Å². The summed E-state index contributed by atoms with van der Waals surface area (Å²) in [5.74, 6) is 1.74. The third-order valence-corrected chi connectivity index (χ3v) is 3.98. The summed E-state index contributed by atoms with van der Waals surface area (Å²) < 4.78 is 12.3. The number of nitrogens with zero attached hydrogens (tertiary/aromatic N) is 3. The molecule has 2 aromatic carbocycles. The summed E-state index contributed by atoms with van der Waals surface area (Å²) in [6.07, 6.45) is 1.68. The minimum Gasteiger partial charge on any atom is -0.497 e. The van der Waals surface area contributed by atoms with Gasteiger partial charge < -0.3 is 14.0 Å². The van der Waals surface area contributed by atoms with Crippen LogP contribution in [0.4, 0.5) is 0 Å². The predicted octanol–water partition coefficient (Wildman–Crippen LogP) is 2.28. The summed E-state index contributed by atoms with van der Waals surface area (Å²) in [6.45, 7) is 0. The summed E-state index contributed by atoms with van der Waals surface area (Å²) in [5.41, 5.74) is 5.13. The number of aromatic nitrogens is 2. The standard InChI is InChI=1S/C19H20N4O3/c1-23-17-7-5-4-6-16(17)21-18(23)11-19(24)22-20-12-13-8-14(25-2)10-15(9-13)26-3/h4-10,12H,11H2,1-3H3,(H,22,24)/b20-12+. The van der Waals surface area contributed by atoms with Gasteiger partial charge in [-0.2, -0.15) is 5.10 Å². The van der Waals surface area contributed by atoms with E-state index in [2.05, 4.69) is 15.5 Å². The maximum absolute atomic E-state index is 12.2. The monoisotopic (exact) mass is 352 g/mol. The number of benzene rings is 2. The summed E-state index contributed by atoms with van der Waals surface area (Å²) in [6, 6.07) is 13.1. The second-order valence-corrected chi connectivity index (χ2v) is 5.69. The van der Waals surface area contributed by atoms with Crippen LogP contribution in [0.15, 0.2) is 47.6 Å². The molecule has 1 aromatic heterocycles. The van der Waals surface area contributed by atoms with Gasteiger partial charge >= 0.3 is 0 Å². The van der Waals surface area contributed by atoms with Crippen LogP contribution in [0.2, 0.25) is 0 Å². The second-order valence-electron chi connectivity index (χ2n) is 5.69. The molecule has 1 N–H and O–H groups in total.